The lowest BCUT2D eigenvalue weighted by Gasteiger charge is -2.40. The molecule has 0 saturated carbocycles. The van der Waals surface area contributed by atoms with Gasteiger partial charge in [0.2, 0.25) is 5.91 Å². The van der Waals surface area contributed by atoms with Gasteiger partial charge in [-0.3, -0.25) is 14.2 Å². The first-order chi connectivity index (χ1) is 11.9. The number of rotatable bonds is 4. The number of nitrogens with zero attached hydrogens (tertiary/aromatic N) is 3. The van der Waals surface area contributed by atoms with Crippen LogP contribution in [0.4, 0.5) is 0 Å². The zero-order valence-electron chi connectivity index (χ0n) is 15.2. The van der Waals surface area contributed by atoms with E-state index in [1.165, 1.54) is 0 Å². The highest BCUT2D eigenvalue weighted by molar-refractivity contribution is 5.82. The molecule has 3 rings (SSSR count). The third-order valence-electron chi connectivity index (χ3n) is 5.74. The highest BCUT2D eigenvalue weighted by Crippen LogP contribution is 2.25. The molecule has 0 aliphatic carbocycles. The van der Waals surface area contributed by atoms with Crippen molar-refractivity contribution in [3.05, 3.63) is 35.9 Å². The minimum absolute atomic E-state index is 0.0764. The molecule has 2 aliphatic rings. The molecule has 2 aliphatic heterocycles. The van der Waals surface area contributed by atoms with Crippen molar-refractivity contribution in [3.8, 4) is 0 Å². The Morgan fingerprint density at radius 2 is 1.92 bits per heavy atom. The maximum atomic E-state index is 13.0. The van der Waals surface area contributed by atoms with Gasteiger partial charge in [-0.15, -0.1) is 0 Å². The van der Waals surface area contributed by atoms with Gasteiger partial charge in [0.25, 0.3) is 0 Å². The number of nitrogens with two attached hydrogens (primary N) is 1. The predicted molar refractivity (Wildman–Crippen MR) is 96.4 cm³/mol. The van der Waals surface area contributed by atoms with E-state index in [-0.39, 0.29) is 17.7 Å². The number of amides is 2. The molecule has 2 unspecified atom stereocenters. The molecule has 1 aromatic carbocycles. The van der Waals surface area contributed by atoms with Crippen LogP contribution in [0.1, 0.15) is 12.0 Å². The molecule has 25 heavy (non-hydrogen) atoms. The minimum Gasteiger partial charge on any atom is -0.338 e. The molecule has 2 atom stereocenters. The summed E-state index contributed by atoms with van der Waals surface area (Å²) in [6.07, 6.45) is 0.375. The van der Waals surface area contributed by atoms with Crippen LogP contribution in [0, 0.1) is 5.92 Å². The molecular weight excluding hydrogens is 316 g/mol. The van der Waals surface area contributed by atoms with Crippen molar-refractivity contribution in [2.24, 2.45) is 11.7 Å². The first-order valence-corrected chi connectivity index (χ1v) is 9.04. The summed E-state index contributed by atoms with van der Waals surface area (Å²) in [6.45, 7) is 4.54. The lowest BCUT2D eigenvalue weighted by atomic mass is 9.97. The van der Waals surface area contributed by atoms with E-state index in [2.05, 4.69) is 11.9 Å². The van der Waals surface area contributed by atoms with Gasteiger partial charge in [-0.25, -0.2) is 4.79 Å². The van der Waals surface area contributed by atoms with Crippen LogP contribution in [-0.4, -0.2) is 79.0 Å². The molecule has 0 spiro atoms. The van der Waals surface area contributed by atoms with E-state index in [1.54, 1.807) is 0 Å². The SMILES string of the molecule is CN1CC[N+](C)(C(=O)C(N)C2CC(=O)N(Cc3ccccc3)C2)CC1. The van der Waals surface area contributed by atoms with Gasteiger partial charge < -0.3 is 10.6 Å². The van der Waals surface area contributed by atoms with E-state index in [0.717, 1.165) is 31.7 Å². The van der Waals surface area contributed by atoms with Gasteiger partial charge in [-0.2, -0.15) is 0 Å². The van der Waals surface area contributed by atoms with E-state index in [0.29, 0.717) is 24.0 Å². The van der Waals surface area contributed by atoms with Gasteiger partial charge in [-0.1, -0.05) is 30.3 Å². The van der Waals surface area contributed by atoms with Crippen LogP contribution in [0.2, 0.25) is 0 Å². The Kier molecular flexibility index (Phi) is 5.22. The second-order valence-electron chi connectivity index (χ2n) is 7.73. The van der Waals surface area contributed by atoms with E-state index in [4.69, 9.17) is 5.73 Å². The summed E-state index contributed by atoms with van der Waals surface area (Å²) in [5.41, 5.74) is 7.44. The van der Waals surface area contributed by atoms with E-state index >= 15 is 0 Å². The normalized spacial score (nSPS) is 25.2. The van der Waals surface area contributed by atoms with Crippen LogP contribution in [0.5, 0.6) is 0 Å². The van der Waals surface area contributed by atoms with Gasteiger partial charge in [0.1, 0.15) is 6.04 Å². The third kappa shape index (κ3) is 3.92. The summed E-state index contributed by atoms with van der Waals surface area (Å²) >= 11 is 0. The molecule has 2 amide bonds. The molecule has 0 radical (unpaired) electrons. The zero-order chi connectivity index (χ0) is 18.0. The van der Waals surface area contributed by atoms with Crippen molar-refractivity contribution in [2.75, 3.05) is 46.8 Å². The summed E-state index contributed by atoms with van der Waals surface area (Å²) in [7, 11) is 4.05. The average Bonchev–Trinajstić information content (AvgIpc) is 2.98. The summed E-state index contributed by atoms with van der Waals surface area (Å²) in [4.78, 5) is 29.4. The second kappa shape index (κ2) is 7.23. The minimum atomic E-state index is -0.571. The number of hydrogen-bond donors (Lipinski definition) is 1. The highest BCUT2D eigenvalue weighted by Gasteiger charge is 2.44. The fourth-order valence-corrected chi connectivity index (χ4v) is 3.79. The number of quaternary nitrogens is 1. The number of hydrogen-bond acceptors (Lipinski definition) is 4. The summed E-state index contributed by atoms with van der Waals surface area (Å²) in [5, 5.41) is 0. The monoisotopic (exact) mass is 345 g/mol. The van der Waals surface area contributed by atoms with Crippen LogP contribution in [0.15, 0.2) is 30.3 Å². The molecule has 6 nitrogen and oxygen atoms in total. The van der Waals surface area contributed by atoms with Crippen molar-refractivity contribution in [2.45, 2.75) is 19.0 Å². The zero-order valence-corrected chi connectivity index (χ0v) is 15.2. The first kappa shape index (κ1) is 18.0. The number of benzene rings is 1. The molecule has 0 bridgehead atoms. The summed E-state index contributed by atoms with van der Waals surface area (Å²) < 4.78 is 0.384. The van der Waals surface area contributed by atoms with E-state index in [1.807, 2.05) is 42.3 Å². The lowest BCUT2D eigenvalue weighted by molar-refractivity contribution is -0.840. The van der Waals surface area contributed by atoms with Gasteiger partial charge in [0, 0.05) is 38.5 Å². The molecular formula is C19H29N4O2+. The highest BCUT2D eigenvalue weighted by atomic mass is 16.2. The van der Waals surface area contributed by atoms with Crippen LogP contribution in [-0.2, 0) is 16.1 Å². The topological polar surface area (TPSA) is 66.6 Å². The van der Waals surface area contributed by atoms with Crippen LogP contribution >= 0.6 is 0 Å². The Balaban J connectivity index is 1.62. The van der Waals surface area contributed by atoms with E-state index < -0.39 is 6.04 Å². The molecule has 1 aromatic rings. The van der Waals surface area contributed by atoms with Crippen LogP contribution < -0.4 is 5.73 Å². The molecule has 136 valence electrons. The van der Waals surface area contributed by atoms with Crippen molar-refractivity contribution in [1.82, 2.24) is 9.80 Å². The number of carbonyl (C=O) groups is 2. The Morgan fingerprint density at radius 1 is 1.28 bits per heavy atom. The second-order valence-corrected chi connectivity index (χ2v) is 7.73. The van der Waals surface area contributed by atoms with Gasteiger partial charge in [0.05, 0.1) is 20.1 Å². The first-order valence-electron chi connectivity index (χ1n) is 9.04. The molecule has 2 fully saturated rings. The van der Waals surface area contributed by atoms with Crippen LogP contribution in [0.25, 0.3) is 0 Å². The molecule has 0 aromatic heterocycles. The number of likely N-dealkylation sites (tertiary alicyclic amines) is 1. The Hall–Kier alpha value is -1.76. The Labute approximate surface area is 149 Å². The Morgan fingerprint density at radius 3 is 2.56 bits per heavy atom. The molecule has 2 saturated heterocycles. The van der Waals surface area contributed by atoms with Crippen molar-refractivity contribution >= 4 is 11.8 Å². The smallest absolute Gasteiger partial charge is 0.330 e. The number of likely N-dealkylation sites (N-methyl/N-ethyl adjacent to an activating group) is 2. The standard InChI is InChI=1S/C19H29N4O2/c1-21-8-10-23(2,11-9-21)19(25)18(20)16-12-17(24)22(14-16)13-15-6-4-3-5-7-15/h3-7,16,18H,8-14,20H2,1-2H3/q+1. The van der Waals surface area contributed by atoms with Gasteiger partial charge in [0.15, 0.2) is 0 Å². The molecule has 2 N–H and O–H groups in total. The number of piperazine rings is 1. The van der Waals surface area contributed by atoms with Crippen molar-refractivity contribution in [3.63, 3.8) is 0 Å². The predicted octanol–water partition coefficient (Wildman–Crippen LogP) is 0.281. The maximum absolute atomic E-state index is 13.0. The quantitative estimate of drug-likeness (QED) is 0.796. The largest absolute Gasteiger partial charge is 0.338 e. The molecule has 6 heteroatoms. The van der Waals surface area contributed by atoms with Gasteiger partial charge in [-0.05, 0) is 12.6 Å². The number of carbonyl (C=O) groups excluding carboxylic acids is 2. The van der Waals surface area contributed by atoms with Crippen LogP contribution in [0.3, 0.4) is 0 Å². The fourth-order valence-electron chi connectivity index (χ4n) is 3.79. The summed E-state index contributed by atoms with van der Waals surface area (Å²) in [5.74, 6) is 0.0870. The molecule has 2 heterocycles. The lowest BCUT2D eigenvalue weighted by Crippen LogP contribution is -2.64. The average molecular weight is 345 g/mol. The fraction of sp³-hybridized carbons (Fsp3) is 0.579. The van der Waals surface area contributed by atoms with Gasteiger partial charge >= 0.3 is 5.91 Å². The van der Waals surface area contributed by atoms with Crippen molar-refractivity contribution < 1.29 is 14.1 Å². The Bertz CT molecular complexity index is 626. The van der Waals surface area contributed by atoms with Crippen molar-refractivity contribution in [1.29, 1.82) is 0 Å². The maximum Gasteiger partial charge on any atom is 0.330 e. The third-order valence-corrected chi connectivity index (χ3v) is 5.74. The summed E-state index contributed by atoms with van der Waals surface area (Å²) in [6, 6.07) is 9.37. The van der Waals surface area contributed by atoms with E-state index in [9.17, 15) is 9.59 Å².